The quantitative estimate of drug-likeness (QED) is 0.777. The molecule has 1 aliphatic rings. The number of nitrogens with one attached hydrogen (secondary N) is 2. The summed E-state index contributed by atoms with van der Waals surface area (Å²) in [4.78, 5) is 18.9. The second kappa shape index (κ2) is 4.35. The summed E-state index contributed by atoms with van der Waals surface area (Å²) in [7, 11) is 0. The number of fused-ring (bicyclic) bond motifs is 1. The van der Waals surface area contributed by atoms with E-state index < -0.39 is 5.54 Å². The first-order chi connectivity index (χ1) is 9.50. The van der Waals surface area contributed by atoms with Crippen LogP contribution in [0.2, 0.25) is 0 Å². The molecular formula is C14H17N5O. The molecule has 4 N–H and O–H groups in total. The number of nitrogens with two attached hydrogens (primary N) is 1. The number of aromatic amines is 1. The molecule has 0 bridgehead atoms. The maximum atomic E-state index is 11.5. The van der Waals surface area contributed by atoms with Crippen molar-refractivity contribution in [2.75, 3.05) is 6.54 Å². The first-order valence-electron chi connectivity index (χ1n) is 6.46. The lowest BCUT2D eigenvalue weighted by molar-refractivity contribution is -0.127. The van der Waals surface area contributed by atoms with Crippen molar-refractivity contribution in [3.05, 3.63) is 36.3 Å². The second-order valence-electron chi connectivity index (χ2n) is 5.38. The molecule has 104 valence electrons. The number of carbonyl (C=O) groups is 1. The molecule has 6 heteroatoms. The average molecular weight is 271 g/mol. The minimum Gasteiger partial charge on any atom is -0.368 e. The second-order valence-corrected chi connectivity index (χ2v) is 5.38. The highest BCUT2D eigenvalue weighted by Gasteiger charge is 2.34. The summed E-state index contributed by atoms with van der Waals surface area (Å²) in [5.41, 5.74) is 10.9. The van der Waals surface area contributed by atoms with Gasteiger partial charge in [-0.1, -0.05) is 0 Å². The monoisotopic (exact) mass is 271 g/mol. The van der Waals surface area contributed by atoms with Crippen molar-refractivity contribution in [3.63, 3.8) is 0 Å². The van der Waals surface area contributed by atoms with E-state index in [1.165, 1.54) is 0 Å². The van der Waals surface area contributed by atoms with E-state index in [0.717, 1.165) is 22.2 Å². The Bertz CT molecular complexity index is 700. The highest BCUT2D eigenvalue weighted by atomic mass is 16.1. The Morgan fingerprint density at radius 2 is 2.25 bits per heavy atom. The number of amides is 1. The van der Waals surface area contributed by atoms with E-state index in [1.54, 1.807) is 25.1 Å². The van der Waals surface area contributed by atoms with Gasteiger partial charge < -0.3 is 15.7 Å². The number of rotatable bonds is 3. The fourth-order valence-corrected chi connectivity index (χ4v) is 2.30. The molecule has 6 nitrogen and oxygen atoms in total. The molecule has 0 aliphatic carbocycles. The van der Waals surface area contributed by atoms with Gasteiger partial charge in [-0.25, -0.2) is 10.4 Å². The minimum atomic E-state index is -0.772. The molecule has 3 heterocycles. The topological polar surface area (TPSA) is 87.0 Å². The van der Waals surface area contributed by atoms with E-state index in [2.05, 4.69) is 15.4 Å². The van der Waals surface area contributed by atoms with Crippen LogP contribution in [0.1, 0.15) is 19.4 Å². The van der Waals surface area contributed by atoms with E-state index in [1.807, 2.05) is 24.5 Å². The van der Waals surface area contributed by atoms with Crippen molar-refractivity contribution in [2.24, 2.45) is 5.73 Å². The molecule has 0 aromatic carbocycles. The summed E-state index contributed by atoms with van der Waals surface area (Å²) >= 11 is 0. The molecule has 20 heavy (non-hydrogen) atoms. The van der Waals surface area contributed by atoms with Gasteiger partial charge in [-0.3, -0.25) is 4.79 Å². The van der Waals surface area contributed by atoms with Crippen LogP contribution < -0.4 is 11.2 Å². The van der Waals surface area contributed by atoms with Crippen LogP contribution in [0.25, 0.3) is 16.6 Å². The Morgan fingerprint density at radius 3 is 3.00 bits per heavy atom. The Kier molecular flexibility index (Phi) is 2.76. The average Bonchev–Trinajstić information content (AvgIpc) is 3.07. The number of nitrogens with zero attached hydrogens (tertiary/aromatic N) is 2. The molecule has 0 atom stereocenters. The lowest BCUT2D eigenvalue weighted by Crippen LogP contribution is -2.54. The summed E-state index contributed by atoms with van der Waals surface area (Å²) < 4.78 is 0. The highest BCUT2D eigenvalue weighted by Crippen LogP contribution is 2.27. The number of pyridine rings is 1. The summed E-state index contributed by atoms with van der Waals surface area (Å²) in [6.45, 7) is 4.24. The first-order valence-corrected chi connectivity index (χ1v) is 6.46. The maximum absolute atomic E-state index is 11.5. The van der Waals surface area contributed by atoms with Crippen LogP contribution in [0, 0.1) is 0 Å². The Morgan fingerprint density at radius 1 is 1.45 bits per heavy atom. The zero-order chi connectivity index (χ0) is 14.3. The fourth-order valence-electron chi connectivity index (χ4n) is 2.30. The number of primary amides is 1. The van der Waals surface area contributed by atoms with Crippen molar-refractivity contribution < 1.29 is 4.79 Å². The van der Waals surface area contributed by atoms with Gasteiger partial charge in [0.25, 0.3) is 0 Å². The third kappa shape index (κ3) is 1.85. The molecule has 2 aromatic heterocycles. The summed E-state index contributed by atoms with van der Waals surface area (Å²) in [6, 6.07) is 3.98. The first kappa shape index (κ1) is 12.7. The van der Waals surface area contributed by atoms with Gasteiger partial charge in [-0.2, -0.15) is 0 Å². The van der Waals surface area contributed by atoms with Crippen molar-refractivity contribution in [1.29, 1.82) is 0 Å². The molecule has 0 spiro atoms. The normalized spacial score (nSPS) is 15.7. The third-order valence-corrected chi connectivity index (χ3v) is 3.74. The number of H-pyrrole nitrogens is 1. The van der Waals surface area contributed by atoms with Gasteiger partial charge in [0.05, 0.1) is 0 Å². The summed E-state index contributed by atoms with van der Waals surface area (Å²) in [6.07, 6.45) is 5.58. The van der Waals surface area contributed by atoms with Crippen LogP contribution in [-0.4, -0.2) is 33.0 Å². The van der Waals surface area contributed by atoms with Crippen molar-refractivity contribution >= 4 is 22.5 Å². The maximum Gasteiger partial charge on any atom is 0.244 e. The molecule has 1 aliphatic heterocycles. The van der Waals surface area contributed by atoms with E-state index in [-0.39, 0.29) is 5.91 Å². The van der Waals surface area contributed by atoms with Crippen LogP contribution in [0.5, 0.6) is 0 Å². The molecule has 0 saturated carbocycles. The zero-order valence-electron chi connectivity index (χ0n) is 11.5. The van der Waals surface area contributed by atoms with Gasteiger partial charge in [-0.05, 0) is 37.1 Å². The standard InChI is InChI=1S/C14H17N5O/c1-14(2,13(15)20)19-8-9(7-18-19)10-3-5-16-12-11(10)4-6-17-12/h3-6,8,18H,7H2,1-2H3,(H2,15,20)(H,16,17). The van der Waals surface area contributed by atoms with Gasteiger partial charge in [0.15, 0.2) is 0 Å². The highest BCUT2D eigenvalue weighted by molar-refractivity contribution is 5.91. The SMILES string of the molecule is CC(C)(C(N)=O)N1C=C(c2ccnc3[nH]ccc23)CN1. The van der Waals surface area contributed by atoms with E-state index in [9.17, 15) is 4.79 Å². The summed E-state index contributed by atoms with van der Waals surface area (Å²) in [5, 5.41) is 2.84. The fraction of sp³-hybridized carbons (Fsp3) is 0.286. The van der Waals surface area contributed by atoms with Crippen LogP contribution in [0.3, 0.4) is 0 Å². The van der Waals surface area contributed by atoms with Crippen molar-refractivity contribution in [1.82, 2.24) is 20.4 Å². The summed E-state index contributed by atoms with van der Waals surface area (Å²) in [5.74, 6) is -0.371. The molecule has 0 unspecified atom stereocenters. The molecule has 2 aromatic rings. The molecule has 0 fully saturated rings. The number of hydrazine groups is 1. The van der Waals surface area contributed by atoms with Crippen molar-refractivity contribution in [2.45, 2.75) is 19.4 Å². The van der Waals surface area contributed by atoms with Crippen LogP contribution in [-0.2, 0) is 4.79 Å². The van der Waals surface area contributed by atoms with E-state index in [4.69, 9.17) is 5.73 Å². The molecular weight excluding hydrogens is 254 g/mol. The molecule has 1 amide bonds. The van der Waals surface area contributed by atoms with Crippen LogP contribution in [0.15, 0.2) is 30.7 Å². The van der Waals surface area contributed by atoms with E-state index >= 15 is 0 Å². The third-order valence-electron chi connectivity index (χ3n) is 3.74. The number of hydrogen-bond acceptors (Lipinski definition) is 4. The van der Waals surface area contributed by atoms with Gasteiger partial charge in [0.2, 0.25) is 5.91 Å². The van der Waals surface area contributed by atoms with E-state index in [0.29, 0.717) is 6.54 Å². The predicted molar refractivity (Wildman–Crippen MR) is 77.2 cm³/mol. The molecule has 0 saturated heterocycles. The Labute approximate surface area is 116 Å². The Hall–Kier alpha value is -2.34. The number of carbonyl (C=O) groups excluding carboxylic acids is 1. The van der Waals surface area contributed by atoms with Gasteiger partial charge in [-0.15, -0.1) is 0 Å². The van der Waals surface area contributed by atoms with Gasteiger partial charge >= 0.3 is 0 Å². The van der Waals surface area contributed by atoms with Gasteiger partial charge in [0, 0.05) is 30.5 Å². The number of hydrogen-bond donors (Lipinski definition) is 3. The lowest BCUT2D eigenvalue weighted by atomic mass is 10.0. The smallest absolute Gasteiger partial charge is 0.244 e. The van der Waals surface area contributed by atoms with Crippen LogP contribution in [0.4, 0.5) is 0 Å². The van der Waals surface area contributed by atoms with Crippen molar-refractivity contribution in [3.8, 4) is 0 Å². The Balaban J connectivity index is 2.00. The van der Waals surface area contributed by atoms with Gasteiger partial charge in [0.1, 0.15) is 11.2 Å². The predicted octanol–water partition coefficient (Wildman–Crippen LogP) is 0.988. The number of aromatic nitrogens is 2. The minimum absolute atomic E-state index is 0.371. The largest absolute Gasteiger partial charge is 0.368 e. The zero-order valence-corrected chi connectivity index (χ0v) is 11.5. The van der Waals surface area contributed by atoms with Crippen LogP contribution >= 0.6 is 0 Å². The lowest BCUT2D eigenvalue weighted by Gasteiger charge is -2.32. The molecule has 3 rings (SSSR count). The molecule has 0 radical (unpaired) electrons.